The second-order valence-electron chi connectivity index (χ2n) is 4.84. The number of H-pyrrole nitrogens is 1. The maximum atomic E-state index is 11.7. The summed E-state index contributed by atoms with van der Waals surface area (Å²) < 4.78 is 21.5. The Morgan fingerprint density at radius 3 is 2.88 bits per heavy atom. The van der Waals surface area contributed by atoms with E-state index in [9.17, 15) is 24.5 Å². The van der Waals surface area contributed by atoms with Crippen molar-refractivity contribution < 1.29 is 58.5 Å². The summed E-state index contributed by atoms with van der Waals surface area (Å²) in [4.78, 5) is 32.2. The third kappa shape index (κ3) is 3.52. The Morgan fingerprint density at radius 2 is 2.21 bits per heavy atom. The number of aliphatic hydroxyl groups excluding tert-OH is 2. The number of aromatic amines is 1. The number of hydrogen-bond acceptors (Lipinski definition) is 10. The zero-order valence-electron chi connectivity index (χ0n) is 12.4. The van der Waals surface area contributed by atoms with E-state index >= 15 is 0 Å². The van der Waals surface area contributed by atoms with Crippen molar-refractivity contribution >= 4 is 25.4 Å². The summed E-state index contributed by atoms with van der Waals surface area (Å²) in [7, 11) is -3.11. The third-order valence-electron chi connectivity index (χ3n) is 3.41. The van der Waals surface area contributed by atoms with Crippen molar-refractivity contribution in [2.24, 2.45) is 0 Å². The van der Waals surface area contributed by atoms with Crippen molar-refractivity contribution in [3.8, 4) is 0 Å². The molecule has 24 heavy (non-hydrogen) atoms. The molecule has 1 aliphatic rings. The summed E-state index contributed by atoms with van der Waals surface area (Å²) >= 11 is 0. The first-order valence-corrected chi connectivity index (χ1v) is 7.49. The maximum Gasteiger partial charge on any atom is 1.00 e. The molecule has 1 unspecified atom stereocenters. The van der Waals surface area contributed by atoms with Crippen LogP contribution in [0.1, 0.15) is 6.23 Å². The number of nitrogens with two attached hydrogens (primary N) is 1. The van der Waals surface area contributed by atoms with Crippen LogP contribution in [-0.2, 0) is 13.8 Å². The van der Waals surface area contributed by atoms with Gasteiger partial charge in [0.25, 0.3) is 5.56 Å². The fourth-order valence-corrected chi connectivity index (χ4v) is 2.63. The van der Waals surface area contributed by atoms with Gasteiger partial charge in [0, 0.05) is 0 Å². The van der Waals surface area contributed by atoms with Gasteiger partial charge < -0.3 is 25.6 Å². The predicted molar refractivity (Wildman–Crippen MR) is 72.0 cm³/mol. The average Bonchev–Trinajstić information content (AvgIpc) is 3.00. The predicted octanol–water partition coefficient (Wildman–Crippen LogP) is -5.64. The molecule has 1 aliphatic heterocycles. The summed E-state index contributed by atoms with van der Waals surface area (Å²) in [5, 5.41) is 20.0. The molecule has 12 nitrogen and oxygen atoms in total. The van der Waals surface area contributed by atoms with E-state index in [1.54, 1.807) is 0 Å². The number of aliphatic hydroxyl groups is 2. The largest absolute Gasteiger partial charge is 1.00 e. The van der Waals surface area contributed by atoms with Gasteiger partial charge in [0.15, 0.2) is 17.4 Å². The quantitative estimate of drug-likeness (QED) is 0.299. The van der Waals surface area contributed by atoms with Crippen molar-refractivity contribution in [1.29, 1.82) is 0 Å². The number of aromatic nitrogens is 4. The molecular formula is C10H12N5NaO7P+. The standard InChI is InChI=1S/C10H12N5O7P.Na/c11-10-13-7-4(8(18)14-10)12-2-15(7)9-6(17)5(16)3(22-9)1-21-23(19)20;/h2-3,5-6,9,16-17H,1H2,(H3,11,13,14,18);/q;+1/t3-,5-,6-,9-;/m1./s1. The Morgan fingerprint density at radius 1 is 1.50 bits per heavy atom. The summed E-state index contributed by atoms with van der Waals surface area (Å²) in [6.07, 6.45) is -3.83. The molecule has 3 rings (SSSR count). The van der Waals surface area contributed by atoms with Gasteiger partial charge in [0.2, 0.25) is 5.95 Å². The van der Waals surface area contributed by atoms with Gasteiger partial charge >= 0.3 is 37.8 Å². The average molecular weight is 368 g/mol. The molecule has 124 valence electrons. The van der Waals surface area contributed by atoms with E-state index in [2.05, 4.69) is 19.5 Å². The van der Waals surface area contributed by atoms with Crippen molar-refractivity contribution in [3.63, 3.8) is 0 Å². The normalized spacial score (nSPS) is 27.2. The van der Waals surface area contributed by atoms with Gasteiger partial charge in [0.05, 0.1) is 6.33 Å². The van der Waals surface area contributed by atoms with E-state index in [0.717, 1.165) is 0 Å². The van der Waals surface area contributed by atoms with E-state index in [0.29, 0.717) is 0 Å². The van der Waals surface area contributed by atoms with E-state index in [-0.39, 0.29) is 46.7 Å². The number of rotatable bonds is 4. The zero-order valence-corrected chi connectivity index (χ0v) is 15.3. The van der Waals surface area contributed by atoms with Crippen molar-refractivity contribution in [2.75, 3.05) is 12.3 Å². The topological polar surface area (TPSA) is 189 Å². The van der Waals surface area contributed by atoms with Gasteiger partial charge in [-0.15, -0.1) is 4.52 Å². The minimum absolute atomic E-state index is 0. The molecule has 1 saturated heterocycles. The minimum Gasteiger partial charge on any atom is -0.566 e. The molecular weight excluding hydrogens is 356 g/mol. The molecule has 0 radical (unpaired) electrons. The Balaban J connectivity index is 0.00000208. The molecule has 0 spiro atoms. The Labute approximate surface area is 156 Å². The number of imidazole rings is 1. The first kappa shape index (κ1) is 19.4. The number of hydrogen-bond donors (Lipinski definition) is 4. The van der Waals surface area contributed by atoms with Gasteiger partial charge in [-0.25, -0.2) is 4.98 Å². The van der Waals surface area contributed by atoms with Crippen LogP contribution in [0.2, 0.25) is 0 Å². The van der Waals surface area contributed by atoms with Crippen molar-refractivity contribution in [1.82, 2.24) is 19.5 Å². The molecule has 2 aromatic rings. The summed E-state index contributed by atoms with van der Waals surface area (Å²) in [6, 6.07) is 0. The number of fused-ring (bicyclic) bond motifs is 1. The first-order chi connectivity index (χ1) is 10.9. The Kier molecular flexibility index (Phi) is 6.07. The number of ether oxygens (including phenoxy) is 1. The van der Waals surface area contributed by atoms with E-state index in [4.69, 9.17) is 10.5 Å². The summed E-state index contributed by atoms with van der Waals surface area (Å²) in [5.74, 6) is -0.152. The molecule has 5 atom stereocenters. The van der Waals surface area contributed by atoms with Crippen LogP contribution in [0.5, 0.6) is 0 Å². The zero-order chi connectivity index (χ0) is 16.7. The fourth-order valence-electron chi connectivity index (χ4n) is 2.36. The molecule has 3 heterocycles. The number of anilines is 1. The van der Waals surface area contributed by atoms with Gasteiger partial charge in [-0.3, -0.25) is 14.3 Å². The van der Waals surface area contributed by atoms with E-state index < -0.39 is 45.0 Å². The van der Waals surface area contributed by atoms with Crippen LogP contribution in [0.15, 0.2) is 11.1 Å². The minimum atomic E-state index is -3.11. The van der Waals surface area contributed by atoms with Crippen LogP contribution < -0.4 is 45.7 Å². The smallest absolute Gasteiger partial charge is 0.566 e. The van der Waals surface area contributed by atoms with Gasteiger partial charge in [0.1, 0.15) is 24.9 Å². The fraction of sp³-hybridized carbons (Fsp3) is 0.500. The van der Waals surface area contributed by atoms with Crippen molar-refractivity contribution in [3.05, 3.63) is 16.7 Å². The van der Waals surface area contributed by atoms with Crippen molar-refractivity contribution in [2.45, 2.75) is 24.5 Å². The van der Waals surface area contributed by atoms with E-state index in [1.807, 2.05) is 0 Å². The second-order valence-corrected chi connectivity index (χ2v) is 5.55. The first-order valence-electron chi connectivity index (χ1n) is 6.39. The number of nitrogens with zero attached hydrogens (tertiary/aromatic N) is 3. The molecule has 1 fully saturated rings. The molecule has 14 heteroatoms. The molecule has 0 aliphatic carbocycles. The summed E-state index contributed by atoms with van der Waals surface area (Å²) in [5.41, 5.74) is 4.94. The van der Waals surface area contributed by atoms with Crippen LogP contribution >= 0.6 is 8.25 Å². The SMILES string of the molecule is Nc1nc2c(ncn2[C@@H]2O[C@H](CO[P+](=O)[O-])[C@@H](O)[C@H]2O)c(=O)[nH]1.[Na+]. The van der Waals surface area contributed by atoms with Gasteiger partial charge in [-0.05, 0) is 4.57 Å². The van der Waals surface area contributed by atoms with Gasteiger partial charge in [-0.1, -0.05) is 0 Å². The number of nitrogens with one attached hydrogen (secondary N) is 1. The molecule has 0 bridgehead atoms. The third-order valence-corrected chi connectivity index (χ3v) is 3.77. The second kappa shape index (κ2) is 7.52. The Bertz CT molecular complexity index is 812. The van der Waals surface area contributed by atoms with Crippen LogP contribution in [0, 0.1) is 0 Å². The van der Waals surface area contributed by atoms with Crippen LogP contribution in [0.25, 0.3) is 11.2 Å². The molecule has 0 saturated carbocycles. The van der Waals surface area contributed by atoms with Gasteiger partial charge in [-0.2, -0.15) is 4.98 Å². The van der Waals surface area contributed by atoms with Crippen LogP contribution in [0.4, 0.5) is 5.95 Å². The monoisotopic (exact) mass is 368 g/mol. The molecule has 5 N–H and O–H groups in total. The number of nitrogen functional groups attached to an aromatic ring is 1. The van der Waals surface area contributed by atoms with E-state index in [1.165, 1.54) is 10.9 Å². The Hall–Kier alpha value is -0.950. The molecule has 2 aromatic heterocycles. The van der Waals surface area contributed by atoms with Crippen LogP contribution in [-0.4, -0.2) is 54.7 Å². The molecule has 0 amide bonds. The maximum absolute atomic E-state index is 11.7. The summed E-state index contributed by atoms with van der Waals surface area (Å²) in [6.45, 7) is -0.462. The molecule has 0 aromatic carbocycles. The van der Waals surface area contributed by atoms with Crippen LogP contribution in [0.3, 0.4) is 0 Å².